The topological polar surface area (TPSA) is 8.17 Å². The first-order valence-corrected chi connectivity index (χ1v) is 23.7. The van der Waals surface area contributed by atoms with Gasteiger partial charge in [0.1, 0.15) is 0 Å². The van der Waals surface area contributed by atoms with E-state index >= 15 is 0 Å². The van der Waals surface area contributed by atoms with E-state index in [-0.39, 0.29) is 0 Å². The molecule has 2 nitrogen and oxygen atoms in total. The van der Waals surface area contributed by atoms with Gasteiger partial charge in [-0.3, -0.25) is 0 Å². The van der Waals surface area contributed by atoms with E-state index in [1.54, 1.807) is 0 Å². The monoisotopic (exact) mass is 870 g/mol. The zero-order valence-electron chi connectivity index (χ0n) is 36.6. The summed E-state index contributed by atoms with van der Waals surface area (Å²) in [6.45, 7) is 0. The van der Waals surface area contributed by atoms with Crippen LogP contribution in [0.1, 0.15) is 0 Å². The van der Waals surface area contributed by atoms with Crippen LogP contribution in [0.15, 0.2) is 255 Å². The molecule has 0 bridgehead atoms. The van der Waals surface area contributed by atoms with Gasteiger partial charge in [0.2, 0.25) is 0 Å². The number of para-hydroxylation sites is 1. The van der Waals surface area contributed by atoms with Gasteiger partial charge in [0.15, 0.2) is 0 Å². The molecule has 0 aliphatic rings. The van der Waals surface area contributed by atoms with Crippen molar-refractivity contribution in [2.24, 2.45) is 0 Å². The summed E-state index contributed by atoms with van der Waals surface area (Å²) in [4.78, 5) is 2.38. The highest BCUT2D eigenvalue weighted by Gasteiger charge is 2.19. The van der Waals surface area contributed by atoms with Crippen LogP contribution in [0.2, 0.25) is 0 Å². The molecule has 0 spiro atoms. The Morgan fingerprint density at radius 3 is 1.61 bits per heavy atom. The molecule has 0 unspecified atom stereocenters. The van der Waals surface area contributed by atoms with Crippen LogP contribution in [0, 0.1) is 0 Å². The minimum atomic E-state index is 1.09. The molecule has 13 aromatic rings. The van der Waals surface area contributed by atoms with E-state index in [1.165, 1.54) is 103 Å². The Balaban J connectivity index is 0.906. The van der Waals surface area contributed by atoms with Crippen LogP contribution in [0.4, 0.5) is 17.1 Å². The second-order valence-electron chi connectivity index (χ2n) is 17.3. The average molecular weight is 871 g/mol. The largest absolute Gasteiger partial charge is 0.310 e. The quantitative estimate of drug-likeness (QED) is 0.148. The lowest BCUT2D eigenvalue weighted by Gasteiger charge is -2.26. The summed E-state index contributed by atoms with van der Waals surface area (Å²) in [6, 6.07) is 93.1. The minimum absolute atomic E-state index is 1.09. The van der Waals surface area contributed by atoms with Crippen molar-refractivity contribution >= 4 is 81.1 Å². The number of aromatic nitrogens is 1. The van der Waals surface area contributed by atoms with Crippen LogP contribution in [0.3, 0.4) is 0 Å². The highest BCUT2D eigenvalue weighted by molar-refractivity contribution is 7.25. The van der Waals surface area contributed by atoms with E-state index in [0.29, 0.717) is 0 Å². The number of benzene rings is 11. The third-order valence-electron chi connectivity index (χ3n) is 13.4. The van der Waals surface area contributed by atoms with Crippen molar-refractivity contribution in [3.8, 4) is 50.2 Å². The normalized spacial score (nSPS) is 11.6. The molecule has 0 aliphatic heterocycles. The Morgan fingerprint density at radius 2 is 0.836 bits per heavy atom. The van der Waals surface area contributed by atoms with Crippen LogP contribution in [0.5, 0.6) is 0 Å². The minimum Gasteiger partial charge on any atom is -0.310 e. The fourth-order valence-electron chi connectivity index (χ4n) is 10.2. The van der Waals surface area contributed by atoms with Gasteiger partial charge in [-0.25, -0.2) is 0 Å². The van der Waals surface area contributed by atoms with E-state index in [0.717, 1.165) is 17.1 Å². The summed E-state index contributed by atoms with van der Waals surface area (Å²) in [6.07, 6.45) is 0. The fourth-order valence-corrected chi connectivity index (χ4v) is 11.3. The van der Waals surface area contributed by atoms with Crippen LogP contribution >= 0.6 is 11.3 Å². The molecule has 314 valence electrons. The van der Waals surface area contributed by atoms with Gasteiger partial charge in [-0.05, 0) is 128 Å². The highest BCUT2D eigenvalue weighted by atomic mass is 32.1. The number of thiophene rings is 1. The molecule has 0 atom stereocenters. The van der Waals surface area contributed by atoms with E-state index in [4.69, 9.17) is 0 Å². The number of anilines is 3. The molecule has 0 amide bonds. The molecule has 2 heterocycles. The summed E-state index contributed by atoms with van der Waals surface area (Å²) in [5.74, 6) is 0. The average Bonchev–Trinajstić information content (AvgIpc) is 3.95. The number of fused-ring (bicyclic) bond motifs is 7. The molecular weight excluding hydrogens is 829 g/mol. The molecule has 0 fully saturated rings. The van der Waals surface area contributed by atoms with E-state index < -0.39 is 0 Å². The Bertz CT molecular complexity index is 3950. The molecular formula is C64H42N2S. The van der Waals surface area contributed by atoms with Gasteiger partial charge >= 0.3 is 0 Å². The van der Waals surface area contributed by atoms with Crippen molar-refractivity contribution in [2.75, 3.05) is 4.90 Å². The number of nitrogens with zero attached hydrogens (tertiary/aromatic N) is 2. The van der Waals surface area contributed by atoms with Crippen molar-refractivity contribution in [2.45, 2.75) is 0 Å². The van der Waals surface area contributed by atoms with Gasteiger partial charge in [-0.15, -0.1) is 11.3 Å². The molecule has 2 aromatic heterocycles. The molecule has 0 radical (unpaired) electrons. The zero-order chi connectivity index (χ0) is 44.3. The van der Waals surface area contributed by atoms with Gasteiger partial charge in [0.25, 0.3) is 0 Å². The van der Waals surface area contributed by atoms with Crippen LogP contribution < -0.4 is 4.90 Å². The first kappa shape index (κ1) is 38.9. The van der Waals surface area contributed by atoms with E-state index in [9.17, 15) is 0 Å². The third-order valence-corrected chi connectivity index (χ3v) is 14.6. The predicted molar refractivity (Wildman–Crippen MR) is 288 cm³/mol. The lowest BCUT2D eigenvalue weighted by Crippen LogP contribution is -2.10. The Hall–Kier alpha value is -8.50. The summed E-state index contributed by atoms with van der Waals surface area (Å²) in [5.41, 5.74) is 16.4. The summed E-state index contributed by atoms with van der Waals surface area (Å²) < 4.78 is 5.07. The first-order chi connectivity index (χ1) is 33.2. The smallest absolute Gasteiger partial charge is 0.0547 e. The maximum atomic E-state index is 2.45. The van der Waals surface area contributed by atoms with E-state index in [1.807, 2.05) is 11.3 Å². The molecule has 0 saturated heterocycles. The van der Waals surface area contributed by atoms with Gasteiger partial charge in [-0.1, -0.05) is 182 Å². The third kappa shape index (κ3) is 6.79. The molecule has 13 rings (SSSR count). The molecule has 0 N–H and O–H groups in total. The molecule has 67 heavy (non-hydrogen) atoms. The van der Waals surface area contributed by atoms with Crippen molar-refractivity contribution < 1.29 is 0 Å². The van der Waals surface area contributed by atoms with Gasteiger partial charge in [0.05, 0.1) is 11.0 Å². The maximum Gasteiger partial charge on any atom is 0.0547 e. The molecule has 3 heteroatoms. The number of hydrogen-bond acceptors (Lipinski definition) is 2. The zero-order valence-corrected chi connectivity index (χ0v) is 37.4. The van der Waals surface area contributed by atoms with Crippen molar-refractivity contribution in [1.82, 2.24) is 4.57 Å². The second-order valence-corrected chi connectivity index (χ2v) is 18.4. The molecule has 0 saturated carbocycles. The van der Waals surface area contributed by atoms with Crippen LogP contribution in [-0.4, -0.2) is 4.57 Å². The lowest BCUT2D eigenvalue weighted by molar-refractivity contribution is 1.19. The van der Waals surface area contributed by atoms with Gasteiger partial charge < -0.3 is 9.47 Å². The summed E-state index contributed by atoms with van der Waals surface area (Å²) in [5, 5.41) is 7.62. The highest BCUT2D eigenvalue weighted by Crippen LogP contribution is 2.43. The van der Waals surface area contributed by atoms with Crippen molar-refractivity contribution in [3.63, 3.8) is 0 Å². The Kier molecular flexibility index (Phi) is 9.40. The standard InChI is InChI=1S/C64H42N2S/c1-2-13-43(14-3-1)45-31-35-50(36-32-45)65(51-37-33-46(34-38-51)44-27-29-48(30-28-44)55-22-11-16-47-15-4-5-19-54(47)55)52-18-10-17-49(41-52)56-23-12-25-61-64(56)58-21-6-8-24-60(58)66(61)53-39-40-63-59(42-53)57-20-7-9-26-62(57)67-63/h1-42H. The second kappa shape index (κ2) is 16.2. The number of hydrogen-bond donors (Lipinski definition) is 0. The van der Waals surface area contributed by atoms with E-state index in [2.05, 4.69) is 264 Å². The maximum absolute atomic E-state index is 2.45. The SMILES string of the molecule is c1ccc(-c2ccc(N(c3ccc(-c4ccc(-c5cccc6ccccc56)cc4)cc3)c3cccc(-c4cccc5c4c4ccccc4n5-c4ccc5sc6ccccc6c5c4)c3)cc2)cc1. The predicted octanol–water partition coefficient (Wildman–Crippen LogP) is 18.4. The first-order valence-electron chi connectivity index (χ1n) is 22.9. The van der Waals surface area contributed by atoms with Crippen molar-refractivity contribution in [1.29, 1.82) is 0 Å². The fraction of sp³-hybridized carbons (Fsp3) is 0. The molecule has 11 aromatic carbocycles. The summed E-state index contributed by atoms with van der Waals surface area (Å²) in [7, 11) is 0. The van der Waals surface area contributed by atoms with Crippen LogP contribution in [-0.2, 0) is 0 Å². The number of rotatable bonds is 8. The van der Waals surface area contributed by atoms with Gasteiger partial charge in [0, 0.05) is 53.7 Å². The Labute approximate surface area is 393 Å². The lowest BCUT2D eigenvalue weighted by atomic mass is 9.96. The Morgan fingerprint density at radius 1 is 0.299 bits per heavy atom. The van der Waals surface area contributed by atoms with Gasteiger partial charge in [-0.2, -0.15) is 0 Å². The van der Waals surface area contributed by atoms with Crippen molar-refractivity contribution in [3.05, 3.63) is 255 Å². The summed E-state index contributed by atoms with van der Waals surface area (Å²) >= 11 is 1.86. The molecule has 0 aliphatic carbocycles. The van der Waals surface area contributed by atoms with Crippen LogP contribution in [0.25, 0.3) is 103 Å².